The molecule has 1 amide bonds. The molecule has 1 aromatic carbocycles. The summed E-state index contributed by atoms with van der Waals surface area (Å²) in [4.78, 5) is 13.9. The van der Waals surface area contributed by atoms with Crippen molar-refractivity contribution in [3.05, 3.63) is 34.9 Å². The van der Waals surface area contributed by atoms with E-state index in [1.807, 2.05) is 36.1 Å². The van der Waals surface area contributed by atoms with E-state index in [0.29, 0.717) is 31.1 Å². The summed E-state index contributed by atoms with van der Waals surface area (Å²) in [5.74, 6) is 0.0790. The molecule has 104 valence electrons. The SMILES string of the molecule is CC1COC(c2ccccc2Cl)CN1C(=O)CCN. The van der Waals surface area contributed by atoms with Gasteiger partial charge >= 0.3 is 0 Å². The van der Waals surface area contributed by atoms with Crippen LogP contribution in [0.2, 0.25) is 5.02 Å². The monoisotopic (exact) mass is 282 g/mol. The van der Waals surface area contributed by atoms with Crippen molar-refractivity contribution in [2.45, 2.75) is 25.5 Å². The van der Waals surface area contributed by atoms with Crippen LogP contribution in [0.4, 0.5) is 0 Å². The van der Waals surface area contributed by atoms with Crippen molar-refractivity contribution in [3.63, 3.8) is 0 Å². The number of hydrogen-bond acceptors (Lipinski definition) is 3. The Hall–Kier alpha value is -1.10. The molecule has 4 nitrogen and oxygen atoms in total. The average Bonchev–Trinajstić information content (AvgIpc) is 2.40. The van der Waals surface area contributed by atoms with Gasteiger partial charge in [-0.25, -0.2) is 0 Å². The van der Waals surface area contributed by atoms with Gasteiger partial charge in [-0.15, -0.1) is 0 Å². The molecule has 19 heavy (non-hydrogen) atoms. The van der Waals surface area contributed by atoms with Crippen molar-refractivity contribution in [3.8, 4) is 0 Å². The fourth-order valence-corrected chi connectivity index (χ4v) is 2.55. The van der Waals surface area contributed by atoms with E-state index in [9.17, 15) is 4.79 Å². The highest BCUT2D eigenvalue weighted by Gasteiger charge is 2.30. The lowest BCUT2D eigenvalue weighted by atomic mass is 10.1. The number of hydrogen-bond donors (Lipinski definition) is 1. The Morgan fingerprint density at radius 1 is 1.53 bits per heavy atom. The van der Waals surface area contributed by atoms with Crippen LogP contribution in [0.25, 0.3) is 0 Å². The Bertz CT molecular complexity index is 453. The second kappa shape index (κ2) is 6.37. The number of nitrogens with zero attached hydrogens (tertiary/aromatic N) is 1. The zero-order valence-electron chi connectivity index (χ0n) is 11.0. The summed E-state index contributed by atoms with van der Waals surface area (Å²) in [7, 11) is 0. The summed E-state index contributed by atoms with van der Waals surface area (Å²) in [5, 5.41) is 0.674. The highest BCUT2D eigenvalue weighted by Crippen LogP contribution is 2.30. The van der Waals surface area contributed by atoms with Crippen LogP contribution in [0.5, 0.6) is 0 Å². The summed E-state index contributed by atoms with van der Waals surface area (Å²) in [6.45, 7) is 3.41. The number of ether oxygens (including phenoxy) is 1. The highest BCUT2D eigenvalue weighted by atomic mass is 35.5. The first-order valence-electron chi connectivity index (χ1n) is 6.49. The zero-order chi connectivity index (χ0) is 13.8. The smallest absolute Gasteiger partial charge is 0.224 e. The number of benzene rings is 1. The Balaban J connectivity index is 2.13. The molecule has 1 aliphatic rings. The lowest BCUT2D eigenvalue weighted by Gasteiger charge is -2.38. The first-order chi connectivity index (χ1) is 9.13. The molecule has 2 rings (SSSR count). The van der Waals surface area contributed by atoms with Gasteiger partial charge in [-0.2, -0.15) is 0 Å². The number of amides is 1. The van der Waals surface area contributed by atoms with E-state index in [0.717, 1.165) is 5.56 Å². The summed E-state index contributed by atoms with van der Waals surface area (Å²) in [6, 6.07) is 7.67. The number of carbonyl (C=O) groups is 1. The van der Waals surface area contributed by atoms with Gasteiger partial charge in [0.2, 0.25) is 5.91 Å². The first-order valence-corrected chi connectivity index (χ1v) is 6.87. The second-order valence-electron chi connectivity index (χ2n) is 4.78. The lowest BCUT2D eigenvalue weighted by Crippen LogP contribution is -2.48. The van der Waals surface area contributed by atoms with Crippen molar-refractivity contribution in [2.75, 3.05) is 19.7 Å². The van der Waals surface area contributed by atoms with E-state index in [4.69, 9.17) is 22.1 Å². The van der Waals surface area contributed by atoms with Crippen molar-refractivity contribution in [1.82, 2.24) is 4.90 Å². The van der Waals surface area contributed by atoms with Crippen molar-refractivity contribution >= 4 is 17.5 Å². The number of carbonyl (C=O) groups excluding carboxylic acids is 1. The van der Waals surface area contributed by atoms with Gasteiger partial charge in [-0.3, -0.25) is 4.79 Å². The van der Waals surface area contributed by atoms with Gasteiger partial charge in [-0.05, 0) is 13.0 Å². The fourth-order valence-electron chi connectivity index (χ4n) is 2.30. The molecule has 2 unspecified atom stereocenters. The molecular formula is C14H19ClN2O2. The van der Waals surface area contributed by atoms with Crippen LogP contribution >= 0.6 is 11.6 Å². The molecule has 0 saturated carbocycles. The predicted octanol–water partition coefficient (Wildman–Crippen LogP) is 1.98. The third-order valence-corrected chi connectivity index (χ3v) is 3.71. The minimum Gasteiger partial charge on any atom is -0.369 e. The van der Waals surface area contributed by atoms with Gasteiger partial charge in [0.15, 0.2) is 0 Å². The standard InChI is InChI=1S/C14H19ClN2O2/c1-10-9-19-13(8-17(10)14(18)6-7-16)11-4-2-3-5-12(11)15/h2-5,10,13H,6-9,16H2,1H3. The molecule has 0 aromatic heterocycles. The molecule has 1 fully saturated rings. The van der Waals surface area contributed by atoms with E-state index >= 15 is 0 Å². The normalized spacial score (nSPS) is 23.4. The van der Waals surface area contributed by atoms with Gasteiger partial charge in [-0.1, -0.05) is 29.8 Å². The highest BCUT2D eigenvalue weighted by molar-refractivity contribution is 6.31. The number of halogens is 1. The molecule has 1 heterocycles. The first kappa shape index (κ1) is 14.3. The van der Waals surface area contributed by atoms with Crippen LogP contribution in [-0.2, 0) is 9.53 Å². The Kier molecular flexibility index (Phi) is 4.80. The van der Waals surface area contributed by atoms with Gasteiger partial charge in [0.25, 0.3) is 0 Å². The molecule has 1 aromatic rings. The minimum atomic E-state index is -0.161. The maximum atomic E-state index is 12.0. The van der Waals surface area contributed by atoms with Crippen molar-refractivity contribution in [1.29, 1.82) is 0 Å². The Morgan fingerprint density at radius 3 is 2.95 bits per heavy atom. The van der Waals surface area contributed by atoms with E-state index in [1.54, 1.807) is 0 Å². The maximum absolute atomic E-state index is 12.0. The van der Waals surface area contributed by atoms with Crippen LogP contribution in [0.3, 0.4) is 0 Å². The van der Waals surface area contributed by atoms with E-state index < -0.39 is 0 Å². The second-order valence-corrected chi connectivity index (χ2v) is 5.18. The Labute approximate surface area is 118 Å². The van der Waals surface area contributed by atoms with Crippen LogP contribution in [-0.4, -0.2) is 36.5 Å². The molecule has 0 aliphatic carbocycles. The summed E-state index contributed by atoms with van der Waals surface area (Å²) in [5.41, 5.74) is 6.38. The van der Waals surface area contributed by atoms with Gasteiger partial charge in [0.1, 0.15) is 6.10 Å². The molecular weight excluding hydrogens is 264 g/mol. The molecule has 1 aliphatic heterocycles. The van der Waals surface area contributed by atoms with E-state index in [-0.39, 0.29) is 18.1 Å². The van der Waals surface area contributed by atoms with Gasteiger partial charge in [0, 0.05) is 23.6 Å². The topological polar surface area (TPSA) is 55.6 Å². The predicted molar refractivity (Wildman–Crippen MR) is 75.0 cm³/mol. The largest absolute Gasteiger partial charge is 0.369 e. The molecule has 1 saturated heterocycles. The average molecular weight is 283 g/mol. The van der Waals surface area contributed by atoms with E-state index in [1.165, 1.54) is 0 Å². The minimum absolute atomic E-state index is 0.0790. The van der Waals surface area contributed by atoms with Gasteiger partial charge in [0.05, 0.1) is 19.2 Å². The third kappa shape index (κ3) is 3.26. The van der Waals surface area contributed by atoms with Crippen molar-refractivity contribution < 1.29 is 9.53 Å². The molecule has 5 heteroatoms. The molecule has 2 N–H and O–H groups in total. The molecule has 0 radical (unpaired) electrons. The van der Waals surface area contributed by atoms with E-state index in [2.05, 4.69) is 0 Å². The maximum Gasteiger partial charge on any atom is 0.224 e. The summed E-state index contributed by atoms with van der Waals surface area (Å²) in [6.07, 6.45) is 0.214. The summed E-state index contributed by atoms with van der Waals surface area (Å²) < 4.78 is 5.81. The van der Waals surface area contributed by atoms with Gasteiger partial charge < -0.3 is 15.4 Å². The quantitative estimate of drug-likeness (QED) is 0.922. The van der Waals surface area contributed by atoms with Crippen LogP contribution in [0.15, 0.2) is 24.3 Å². The van der Waals surface area contributed by atoms with Crippen LogP contribution < -0.4 is 5.73 Å². The lowest BCUT2D eigenvalue weighted by molar-refractivity contribution is -0.144. The fraction of sp³-hybridized carbons (Fsp3) is 0.500. The molecule has 0 spiro atoms. The summed E-state index contributed by atoms with van der Waals surface area (Å²) >= 11 is 6.18. The number of rotatable bonds is 3. The molecule has 0 bridgehead atoms. The molecule has 2 atom stereocenters. The Morgan fingerprint density at radius 2 is 2.26 bits per heavy atom. The van der Waals surface area contributed by atoms with Crippen LogP contribution in [0.1, 0.15) is 25.0 Å². The van der Waals surface area contributed by atoms with Crippen molar-refractivity contribution in [2.24, 2.45) is 5.73 Å². The third-order valence-electron chi connectivity index (χ3n) is 3.36. The number of morpholine rings is 1. The number of nitrogens with two attached hydrogens (primary N) is 1. The zero-order valence-corrected chi connectivity index (χ0v) is 11.8. The van der Waals surface area contributed by atoms with Crippen LogP contribution in [0, 0.1) is 0 Å².